The highest BCUT2D eigenvalue weighted by atomic mass is 16.1. The van der Waals surface area contributed by atoms with Crippen LogP contribution in [0.1, 0.15) is 11.1 Å². The molecule has 1 aromatic heterocycles. The lowest BCUT2D eigenvalue weighted by Gasteiger charge is -2.02. The first-order valence-corrected chi connectivity index (χ1v) is 5.70. The van der Waals surface area contributed by atoms with Gasteiger partial charge in [-0.1, -0.05) is 6.07 Å². The molecule has 3 N–H and O–H groups in total. The van der Waals surface area contributed by atoms with Gasteiger partial charge >= 0.3 is 0 Å². The number of aromatic nitrogens is 1. The van der Waals surface area contributed by atoms with Gasteiger partial charge in [0.2, 0.25) is 6.41 Å². The first-order chi connectivity index (χ1) is 8.26. The second-order valence-electron chi connectivity index (χ2n) is 4.15. The number of amides is 1. The summed E-state index contributed by atoms with van der Waals surface area (Å²) < 4.78 is 2.11. The van der Waals surface area contributed by atoms with Crippen molar-refractivity contribution in [2.45, 2.75) is 13.0 Å². The van der Waals surface area contributed by atoms with Crippen molar-refractivity contribution in [1.82, 2.24) is 9.88 Å². The quantitative estimate of drug-likeness (QED) is 0.752. The van der Waals surface area contributed by atoms with E-state index in [0.717, 1.165) is 18.4 Å². The third-order valence-electron chi connectivity index (χ3n) is 2.94. The van der Waals surface area contributed by atoms with Crippen LogP contribution in [0.15, 0.2) is 24.4 Å². The van der Waals surface area contributed by atoms with Gasteiger partial charge in [-0.3, -0.25) is 4.79 Å². The number of carbonyl (C=O) groups is 1. The van der Waals surface area contributed by atoms with Crippen LogP contribution in [-0.2, 0) is 24.8 Å². The summed E-state index contributed by atoms with van der Waals surface area (Å²) in [5.41, 5.74) is 9.18. The summed E-state index contributed by atoms with van der Waals surface area (Å²) in [6.07, 6.45) is 3.71. The number of nitrogens with one attached hydrogen (secondary N) is 1. The molecule has 0 saturated heterocycles. The highest BCUT2D eigenvalue weighted by molar-refractivity contribution is 5.84. The molecule has 0 spiro atoms. The van der Waals surface area contributed by atoms with E-state index in [1.807, 2.05) is 13.1 Å². The molecule has 4 nitrogen and oxygen atoms in total. The predicted molar refractivity (Wildman–Crippen MR) is 68.6 cm³/mol. The third kappa shape index (κ3) is 2.31. The monoisotopic (exact) mass is 231 g/mol. The first-order valence-electron chi connectivity index (χ1n) is 5.70. The van der Waals surface area contributed by atoms with Crippen LogP contribution in [-0.4, -0.2) is 17.5 Å². The molecular weight excluding hydrogens is 214 g/mol. The van der Waals surface area contributed by atoms with E-state index in [4.69, 9.17) is 5.73 Å². The number of hydrogen-bond donors (Lipinski definition) is 2. The Morgan fingerprint density at radius 3 is 3.00 bits per heavy atom. The second kappa shape index (κ2) is 5.01. The molecule has 0 aliphatic carbocycles. The predicted octanol–water partition coefficient (Wildman–Crippen LogP) is 0.926. The van der Waals surface area contributed by atoms with E-state index in [-0.39, 0.29) is 0 Å². The standard InChI is InChI=1S/C13H17N3O/c1-16-8-11(4-5-14)12-6-10(7-15-9-17)2-3-13(12)16/h2-3,6,8-9H,4-5,7,14H2,1H3,(H,15,17). The Morgan fingerprint density at radius 2 is 2.29 bits per heavy atom. The maximum absolute atomic E-state index is 10.3. The van der Waals surface area contributed by atoms with Crippen molar-refractivity contribution in [3.63, 3.8) is 0 Å². The van der Waals surface area contributed by atoms with Crippen molar-refractivity contribution in [3.8, 4) is 0 Å². The van der Waals surface area contributed by atoms with E-state index < -0.39 is 0 Å². The molecule has 0 aliphatic heterocycles. The van der Waals surface area contributed by atoms with E-state index in [1.54, 1.807) is 0 Å². The highest BCUT2D eigenvalue weighted by Gasteiger charge is 2.06. The fourth-order valence-corrected chi connectivity index (χ4v) is 2.14. The van der Waals surface area contributed by atoms with E-state index in [1.165, 1.54) is 16.5 Å². The van der Waals surface area contributed by atoms with Gasteiger partial charge in [-0.2, -0.15) is 0 Å². The summed E-state index contributed by atoms with van der Waals surface area (Å²) in [5, 5.41) is 3.90. The summed E-state index contributed by atoms with van der Waals surface area (Å²) in [6.45, 7) is 1.21. The van der Waals surface area contributed by atoms with Crippen molar-refractivity contribution in [2.75, 3.05) is 6.54 Å². The molecule has 2 aromatic rings. The van der Waals surface area contributed by atoms with Crippen LogP contribution >= 0.6 is 0 Å². The average Bonchev–Trinajstić information content (AvgIpc) is 2.64. The van der Waals surface area contributed by atoms with Gasteiger partial charge in [-0.25, -0.2) is 0 Å². The number of fused-ring (bicyclic) bond motifs is 1. The van der Waals surface area contributed by atoms with Gasteiger partial charge in [-0.05, 0) is 36.2 Å². The van der Waals surface area contributed by atoms with Gasteiger partial charge in [0.25, 0.3) is 0 Å². The SMILES string of the molecule is Cn1cc(CCN)c2cc(CNC=O)ccc21. The van der Waals surface area contributed by atoms with E-state index >= 15 is 0 Å². The number of carbonyl (C=O) groups excluding carboxylic acids is 1. The minimum absolute atomic E-state index is 0.566. The number of hydrogen-bond acceptors (Lipinski definition) is 2. The number of nitrogens with two attached hydrogens (primary N) is 1. The van der Waals surface area contributed by atoms with Gasteiger partial charge in [-0.15, -0.1) is 0 Å². The molecule has 1 heterocycles. The molecule has 0 unspecified atom stereocenters. The molecule has 0 saturated carbocycles. The molecule has 90 valence electrons. The minimum atomic E-state index is 0.566. The maximum atomic E-state index is 10.3. The lowest BCUT2D eigenvalue weighted by Crippen LogP contribution is -2.09. The van der Waals surface area contributed by atoms with Crippen LogP contribution in [0.3, 0.4) is 0 Å². The maximum Gasteiger partial charge on any atom is 0.207 e. The Labute approximate surface area is 100 Å². The Balaban J connectivity index is 2.42. The molecule has 17 heavy (non-hydrogen) atoms. The van der Waals surface area contributed by atoms with Crippen LogP contribution in [0, 0.1) is 0 Å². The zero-order valence-corrected chi connectivity index (χ0v) is 9.94. The average molecular weight is 231 g/mol. The largest absolute Gasteiger partial charge is 0.355 e. The summed E-state index contributed by atoms with van der Waals surface area (Å²) in [7, 11) is 2.03. The zero-order valence-electron chi connectivity index (χ0n) is 9.94. The fraction of sp³-hybridized carbons (Fsp3) is 0.308. The van der Waals surface area contributed by atoms with E-state index in [2.05, 4.69) is 28.2 Å². The van der Waals surface area contributed by atoms with Gasteiger partial charge in [0, 0.05) is 30.7 Å². The normalized spacial score (nSPS) is 10.7. The Morgan fingerprint density at radius 1 is 1.47 bits per heavy atom. The molecular formula is C13H17N3O. The molecule has 0 radical (unpaired) electrons. The smallest absolute Gasteiger partial charge is 0.207 e. The first kappa shape index (κ1) is 11.7. The molecule has 0 atom stereocenters. The molecule has 0 aliphatic rings. The number of aryl methyl sites for hydroxylation is 1. The van der Waals surface area contributed by atoms with Crippen molar-refractivity contribution >= 4 is 17.3 Å². The van der Waals surface area contributed by atoms with E-state index in [9.17, 15) is 4.79 Å². The van der Waals surface area contributed by atoms with Gasteiger partial charge < -0.3 is 15.6 Å². The van der Waals surface area contributed by atoms with Crippen LogP contribution in [0.4, 0.5) is 0 Å². The van der Waals surface area contributed by atoms with E-state index in [0.29, 0.717) is 13.1 Å². The summed E-state index contributed by atoms with van der Waals surface area (Å²) in [5.74, 6) is 0. The lowest BCUT2D eigenvalue weighted by atomic mass is 10.1. The van der Waals surface area contributed by atoms with Crippen LogP contribution in [0.2, 0.25) is 0 Å². The molecule has 1 aromatic carbocycles. The lowest BCUT2D eigenvalue weighted by molar-refractivity contribution is -0.109. The van der Waals surface area contributed by atoms with Crippen LogP contribution < -0.4 is 11.1 Å². The Bertz CT molecular complexity index is 531. The van der Waals surface area contributed by atoms with Gasteiger partial charge in [0.05, 0.1) is 0 Å². The third-order valence-corrected chi connectivity index (χ3v) is 2.94. The molecule has 0 bridgehead atoms. The molecule has 1 amide bonds. The number of nitrogens with zero attached hydrogens (tertiary/aromatic N) is 1. The van der Waals surface area contributed by atoms with Gasteiger partial charge in [0.15, 0.2) is 0 Å². The zero-order chi connectivity index (χ0) is 12.3. The van der Waals surface area contributed by atoms with Crippen molar-refractivity contribution in [3.05, 3.63) is 35.5 Å². The van der Waals surface area contributed by atoms with Crippen LogP contribution in [0.5, 0.6) is 0 Å². The van der Waals surface area contributed by atoms with Crippen molar-refractivity contribution < 1.29 is 4.79 Å². The van der Waals surface area contributed by atoms with Crippen molar-refractivity contribution in [2.24, 2.45) is 12.8 Å². The number of rotatable bonds is 5. The number of benzene rings is 1. The Hall–Kier alpha value is -1.81. The fourth-order valence-electron chi connectivity index (χ4n) is 2.14. The molecule has 2 rings (SSSR count). The highest BCUT2D eigenvalue weighted by Crippen LogP contribution is 2.22. The molecule has 0 fully saturated rings. The molecule has 4 heteroatoms. The van der Waals surface area contributed by atoms with Crippen LogP contribution in [0.25, 0.3) is 10.9 Å². The summed E-state index contributed by atoms with van der Waals surface area (Å²) in [6, 6.07) is 6.24. The van der Waals surface area contributed by atoms with Gasteiger partial charge in [0.1, 0.15) is 0 Å². The minimum Gasteiger partial charge on any atom is -0.355 e. The summed E-state index contributed by atoms with van der Waals surface area (Å²) >= 11 is 0. The van der Waals surface area contributed by atoms with Crippen molar-refractivity contribution in [1.29, 1.82) is 0 Å². The summed E-state index contributed by atoms with van der Waals surface area (Å²) in [4.78, 5) is 10.3. The topological polar surface area (TPSA) is 60.0 Å². The second-order valence-corrected chi connectivity index (χ2v) is 4.15. The Kier molecular flexibility index (Phi) is 3.44.